The normalized spacial score (nSPS) is 10.2. The predicted octanol–water partition coefficient (Wildman–Crippen LogP) is 1.23. The third-order valence-electron chi connectivity index (χ3n) is 2.34. The largest absolute Gasteiger partial charge is 0.450 e. The maximum Gasteiger partial charge on any atom is 0.407 e. The molecular weight excluding hydrogens is 218 g/mol. The number of rotatable bonds is 11. The molecule has 0 aliphatic rings. The number of carbonyl (C=O) groups excluding carboxylic acids is 1. The van der Waals surface area contributed by atoms with Crippen molar-refractivity contribution in [1.82, 2.24) is 10.6 Å². The summed E-state index contributed by atoms with van der Waals surface area (Å²) in [5.41, 5.74) is 5.39. The van der Waals surface area contributed by atoms with Crippen molar-refractivity contribution in [2.75, 3.05) is 32.8 Å². The summed E-state index contributed by atoms with van der Waals surface area (Å²) in [5.74, 6) is 0. The second-order valence-corrected chi connectivity index (χ2v) is 4.02. The first kappa shape index (κ1) is 16.2. The molecule has 1 amide bonds. The first-order valence-electron chi connectivity index (χ1n) is 6.62. The van der Waals surface area contributed by atoms with E-state index in [-0.39, 0.29) is 6.09 Å². The highest BCUT2D eigenvalue weighted by Gasteiger charge is 1.99. The number of hydrogen-bond donors (Lipinski definition) is 3. The highest BCUT2D eigenvalue weighted by atomic mass is 16.5. The van der Waals surface area contributed by atoms with Crippen LogP contribution in [0.2, 0.25) is 0 Å². The Morgan fingerprint density at radius 2 is 1.88 bits per heavy atom. The molecule has 0 rings (SSSR count). The number of hydrogen-bond acceptors (Lipinski definition) is 4. The van der Waals surface area contributed by atoms with Crippen molar-refractivity contribution in [3.8, 4) is 0 Å². The first-order chi connectivity index (χ1) is 8.31. The fourth-order valence-electron chi connectivity index (χ4n) is 1.28. The van der Waals surface area contributed by atoms with Crippen LogP contribution in [0.15, 0.2) is 0 Å². The Morgan fingerprint density at radius 1 is 1.12 bits per heavy atom. The third kappa shape index (κ3) is 13.1. The minimum Gasteiger partial charge on any atom is -0.450 e. The van der Waals surface area contributed by atoms with Crippen molar-refractivity contribution in [3.05, 3.63) is 0 Å². The highest BCUT2D eigenvalue weighted by Crippen LogP contribution is 1.88. The lowest BCUT2D eigenvalue weighted by Crippen LogP contribution is -2.28. The van der Waals surface area contributed by atoms with Crippen molar-refractivity contribution in [3.63, 3.8) is 0 Å². The van der Waals surface area contributed by atoms with Crippen molar-refractivity contribution < 1.29 is 9.53 Å². The molecule has 0 radical (unpaired) electrons. The van der Waals surface area contributed by atoms with Gasteiger partial charge < -0.3 is 21.1 Å². The lowest BCUT2D eigenvalue weighted by atomic mass is 10.3. The van der Waals surface area contributed by atoms with Gasteiger partial charge in [-0.1, -0.05) is 13.3 Å². The lowest BCUT2D eigenvalue weighted by Gasteiger charge is -2.07. The van der Waals surface area contributed by atoms with Crippen LogP contribution < -0.4 is 16.4 Å². The first-order valence-corrected chi connectivity index (χ1v) is 6.62. The molecule has 5 nitrogen and oxygen atoms in total. The second kappa shape index (κ2) is 13.3. The molecule has 0 aliphatic carbocycles. The molecule has 0 saturated heterocycles. The van der Waals surface area contributed by atoms with E-state index in [0.717, 1.165) is 51.7 Å². The summed E-state index contributed by atoms with van der Waals surface area (Å²) in [7, 11) is 0. The van der Waals surface area contributed by atoms with E-state index in [1.165, 1.54) is 0 Å². The monoisotopic (exact) mass is 245 g/mol. The zero-order valence-electron chi connectivity index (χ0n) is 11.0. The summed E-state index contributed by atoms with van der Waals surface area (Å²) in [5, 5.41) is 6.02. The fraction of sp³-hybridized carbons (Fsp3) is 0.917. The van der Waals surface area contributed by atoms with Gasteiger partial charge in [-0.2, -0.15) is 0 Å². The van der Waals surface area contributed by atoms with Crippen LogP contribution in [-0.4, -0.2) is 38.9 Å². The van der Waals surface area contributed by atoms with Crippen molar-refractivity contribution in [2.24, 2.45) is 5.73 Å². The van der Waals surface area contributed by atoms with Gasteiger partial charge in [0.2, 0.25) is 0 Å². The Hall–Kier alpha value is -0.810. The van der Waals surface area contributed by atoms with Gasteiger partial charge in [0.15, 0.2) is 0 Å². The van der Waals surface area contributed by atoms with Crippen LogP contribution in [0, 0.1) is 0 Å². The van der Waals surface area contributed by atoms with E-state index in [0.29, 0.717) is 13.2 Å². The molecule has 0 heterocycles. The molecule has 0 atom stereocenters. The van der Waals surface area contributed by atoms with Crippen LogP contribution in [0.4, 0.5) is 4.79 Å². The maximum atomic E-state index is 11.1. The quantitative estimate of drug-likeness (QED) is 0.479. The molecule has 0 spiro atoms. The van der Waals surface area contributed by atoms with Crippen LogP contribution in [0.1, 0.15) is 39.0 Å². The third-order valence-corrected chi connectivity index (χ3v) is 2.34. The number of ether oxygens (including phenoxy) is 1. The zero-order valence-corrected chi connectivity index (χ0v) is 11.0. The molecule has 0 aromatic rings. The molecule has 0 aromatic carbocycles. The Bertz CT molecular complexity index is 177. The van der Waals surface area contributed by atoms with Gasteiger partial charge >= 0.3 is 6.09 Å². The standard InChI is InChI=1S/C12H27N3O2/c1-2-3-11-17-12(16)15-10-6-9-14-8-5-4-7-13/h14H,2-11,13H2,1H3,(H,15,16). The van der Waals surface area contributed by atoms with Crippen LogP contribution in [0.3, 0.4) is 0 Å². The molecule has 0 saturated carbocycles. The van der Waals surface area contributed by atoms with Crippen molar-refractivity contribution in [2.45, 2.75) is 39.0 Å². The Kier molecular flexibility index (Phi) is 12.6. The van der Waals surface area contributed by atoms with Gasteiger partial charge in [0.25, 0.3) is 0 Å². The lowest BCUT2D eigenvalue weighted by molar-refractivity contribution is 0.144. The fourth-order valence-corrected chi connectivity index (χ4v) is 1.28. The molecule has 0 aromatic heterocycles. The molecule has 4 N–H and O–H groups in total. The van der Waals surface area contributed by atoms with Crippen molar-refractivity contribution >= 4 is 6.09 Å². The summed E-state index contributed by atoms with van der Waals surface area (Å²) in [6.45, 7) is 5.91. The Labute approximate surface area is 104 Å². The van der Waals surface area contributed by atoms with Crippen LogP contribution in [0.25, 0.3) is 0 Å². The minimum atomic E-state index is -0.304. The topological polar surface area (TPSA) is 76.4 Å². The Balaban J connectivity index is 3.08. The number of nitrogens with two attached hydrogens (primary N) is 1. The maximum absolute atomic E-state index is 11.1. The number of alkyl carbamates (subject to hydrolysis) is 1. The summed E-state index contributed by atoms with van der Waals surface area (Å²) in [4.78, 5) is 11.1. The van der Waals surface area contributed by atoms with E-state index in [4.69, 9.17) is 10.5 Å². The Morgan fingerprint density at radius 3 is 2.59 bits per heavy atom. The predicted molar refractivity (Wildman–Crippen MR) is 70.0 cm³/mol. The van der Waals surface area contributed by atoms with E-state index < -0.39 is 0 Å². The molecule has 0 unspecified atom stereocenters. The molecular formula is C12H27N3O2. The molecule has 17 heavy (non-hydrogen) atoms. The van der Waals surface area contributed by atoms with Crippen LogP contribution in [0.5, 0.6) is 0 Å². The van der Waals surface area contributed by atoms with Crippen molar-refractivity contribution in [1.29, 1.82) is 0 Å². The summed E-state index contributed by atoms with van der Waals surface area (Å²) in [6, 6.07) is 0. The number of nitrogens with one attached hydrogen (secondary N) is 2. The van der Waals surface area contributed by atoms with Crippen LogP contribution >= 0.6 is 0 Å². The minimum absolute atomic E-state index is 0.304. The smallest absolute Gasteiger partial charge is 0.407 e. The van der Waals surface area contributed by atoms with E-state index in [2.05, 4.69) is 17.6 Å². The molecule has 0 fully saturated rings. The number of unbranched alkanes of at least 4 members (excludes halogenated alkanes) is 2. The number of carbonyl (C=O) groups is 1. The van der Waals surface area contributed by atoms with Gasteiger partial charge in [0.1, 0.15) is 0 Å². The molecule has 0 aliphatic heterocycles. The number of amides is 1. The average molecular weight is 245 g/mol. The van der Waals surface area contributed by atoms with Gasteiger partial charge in [0.05, 0.1) is 6.61 Å². The van der Waals surface area contributed by atoms with Gasteiger partial charge in [-0.3, -0.25) is 0 Å². The summed E-state index contributed by atoms with van der Waals surface area (Å²) in [6.07, 6.45) is 4.76. The molecule has 5 heteroatoms. The average Bonchev–Trinajstić information content (AvgIpc) is 2.33. The summed E-state index contributed by atoms with van der Waals surface area (Å²) >= 11 is 0. The van der Waals surface area contributed by atoms with Gasteiger partial charge in [-0.25, -0.2) is 4.79 Å². The van der Waals surface area contributed by atoms with Gasteiger partial charge in [-0.15, -0.1) is 0 Å². The molecule has 0 bridgehead atoms. The van der Waals surface area contributed by atoms with Crippen LogP contribution in [-0.2, 0) is 4.74 Å². The van der Waals surface area contributed by atoms with Gasteiger partial charge in [0, 0.05) is 6.54 Å². The SMILES string of the molecule is CCCCOC(=O)NCCCNCCCCN. The van der Waals surface area contributed by atoms with E-state index in [1.807, 2.05) is 0 Å². The van der Waals surface area contributed by atoms with E-state index in [9.17, 15) is 4.79 Å². The highest BCUT2D eigenvalue weighted by molar-refractivity contribution is 5.66. The zero-order chi connectivity index (χ0) is 12.8. The van der Waals surface area contributed by atoms with E-state index in [1.54, 1.807) is 0 Å². The molecule has 102 valence electrons. The van der Waals surface area contributed by atoms with E-state index >= 15 is 0 Å². The second-order valence-electron chi connectivity index (χ2n) is 4.02. The van der Waals surface area contributed by atoms with Gasteiger partial charge in [-0.05, 0) is 45.3 Å². The summed E-state index contributed by atoms with van der Waals surface area (Å²) < 4.78 is 4.96.